The number of aliphatic imine (C=N–C) groups is 1. The molecule has 2 aliphatic heterocycles. The molecule has 10 nitrogen and oxygen atoms in total. The van der Waals surface area contributed by atoms with E-state index in [0.717, 1.165) is 11.1 Å². The lowest BCUT2D eigenvalue weighted by Gasteiger charge is -2.27. The fourth-order valence-corrected chi connectivity index (χ4v) is 7.96. The fourth-order valence-electron chi connectivity index (χ4n) is 5.01. The lowest BCUT2D eigenvalue weighted by atomic mass is 10.1. The van der Waals surface area contributed by atoms with Crippen molar-refractivity contribution >= 4 is 37.5 Å². The van der Waals surface area contributed by atoms with Gasteiger partial charge in [0.1, 0.15) is 5.84 Å². The van der Waals surface area contributed by atoms with Crippen LogP contribution in [0.1, 0.15) is 35.3 Å². The monoisotopic (exact) mass is 596 g/mol. The van der Waals surface area contributed by atoms with Gasteiger partial charge < -0.3 is 9.64 Å². The highest BCUT2D eigenvalue weighted by atomic mass is 32.2. The quantitative estimate of drug-likeness (QED) is 0.392. The molecule has 41 heavy (non-hydrogen) atoms. The second kappa shape index (κ2) is 11.8. The van der Waals surface area contributed by atoms with E-state index in [9.17, 15) is 21.6 Å². The predicted molar refractivity (Wildman–Crippen MR) is 156 cm³/mol. The maximum Gasteiger partial charge on any atom is 0.279 e. The average molecular weight is 597 g/mol. The average Bonchev–Trinajstić information content (AvgIpc) is 3.36. The summed E-state index contributed by atoms with van der Waals surface area (Å²) in [5.41, 5.74) is 2.38. The van der Waals surface area contributed by atoms with Gasteiger partial charge in [0.25, 0.3) is 5.91 Å². The molecule has 0 atom stereocenters. The van der Waals surface area contributed by atoms with Crippen LogP contribution in [0.5, 0.6) is 0 Å². The summed E-state index contributed by atoms with van der Waals surface area (Å²) in [4.78, 5) is 19.9. The zero-order chi connectivity index (χ0) is 29.2. The van der Waals surface area contributed by atoms with Crippen LogP contribution in [0, 0.1) is 0 Å². The number of sulfonamides is 2. The fraction of sp³-hybridized carbons (Fsp3) is 0.310. The van der Waals surface area contributed by atoms with Gasteiger partial charge in [-0.25, -0.2) is 16.8 Å². The lowest BCUT2D eigenvalue weighted by molar-refractivity contribution is 0.0730. The lowest BCUT2D eigenvalue weighted by Crippen LogP contribution is -2.40. The van der Waals surface area contributed by atoms with Crippen molar-refractivity contribution in [1.29, 1.82) is 0 Å². The van der Waals surface area contributed by atoms with E-state index >= 15 is 0 Å². The normalized spacial score (nSPS) is 17.2. The molecule has 0 saturated carbocycles. The molecule has 0 aliphatic carbocycles. The molecule has 3 aromatic carbocycles. The number of anilines is 1. The molecule has 0 aromatic heterocycles. The van der Waals surface area contributed by atoms with E-state index in [0.29, 0.717) is 44.4 Å². The van der Waals surface area contributed by atoms with Gasteiger partial charge in [-0.1, -0.05) is 50.2 Å². The molecular formula is C29H32N4O6S2. The smallest absolute Gasteiger partial charge is 0.279 e. The summed E-state index contributed by atoms with van der Waals surface area (Å²) in [6.45, 7) is 5.78. The van der Waals surface area contributed by atoms with Gasteiger partial charge in [0.2, 0.25) is 20.0 Å². The minimum absolute atomic E-state index is 0.0250. The molecule has 0 N–H and O–H groups in total. The summed E-state index contributed by atoms with van der Waals surface area (Å²) < 4.78 is 60.8. The van der Waals surface area contributed by atoms with Crippen LogP contribution < -0.4 is 4.90 Å². The molecule has 1 amide bonds. The van der Waals surface area contributed by atoms with Crippen molar-refractivity contribution < 1.29 is 26.4 Å². The number of carbonyl (C=O) groups is 1. The first-order valence-electron chi connectivity index (χ1n) is 13.4. The van der Waals surface area contributed by atoms with Gasteiger partial charge in [-0.2, -0.15) is 13.6 Å². The molecule has 0 radical (unpaired) electrons. The van der Waals surface area contributed by atoms with Gasteiger partial charge in [-0.05, 0) is 42.0 Å². The molecule has 1 fully saturated rings. The number of rotatable bonds is 8. The van der Waals surface area contributed by atoms with Gasteiger partial charge in [0.05, 0.1) is 29.5 Å². The first kappa shape index (κ1) is 29.1. The molecule has 0 unspecified atom stereocenters. The van der Waals surface area contributed by atoms with Crippen molar-refractivity contribution in [2.75, 3.05) is 44.3 Å². The number of nitrogens with zero attached hydrogens (tertiary/aromatic N) is 4. The number of amides is 1. The van der Waals surface area contributed by atoms with Crippen LogP contribution in [0.25, 0.3) is 0 Å². The molecule has 1 saturated heterocycles. The summed E-state index contributed by atoms with van der Waals surface area (Å²) in [5, 5.41) is 0. The highest BCUT2D eigenvalue weighted by Gasteiger charge is 2.31. The van der Waals surface area contributed by atoms with Crippen molar-refractivity contribution in [3.63, 3.8) is 0 Å². The van der Waals surface area contributed by atoms with Crippen molar-refractivity contribution in [1.82, 2.24) is 8.61 Å². The molecule has 2 heterocycles. The van der Waals surface area contributed by atoms with Crippen molar-refractivity contribution in [2.45, 2.75) is 30.2 Å². The maximum absolute atomic E-state index is 13.5. The minimum atomic E-state index is -3.76. The van der Waals surface area contributed by atoms with Gasteiger partial charge in [-0.15, -0.1) is 0 Å². The predicted octanol–water partition coefficient (Wildman–Crippen LogP) is 3.35. The molecule has 0 spiro atoms. The summed E-state index contributed by atoms with van der Waals surface area (Å²) >= 11 is 0. The molecular weight excluding hydrogens is 564 g/mol. The third-order valence-electron chi connectivity index (χ3n) is 7.21. The van der Waals surface area contributed by atoms with Gasteiger partial charge >= 0.3 is 0 Å². The van der Waals surface area contributed by atoms with Crippen molar-refractivity contribution in [2.24, 2.45) is 4.99 Å². The molecule has 216 valence electrons. The number of hydrogen-bond donors (Lipinski definition) is 0. The summed E-state index contributed by atoms with van der Waals surface area (Å²) in [6.07, 6.45) is 0. The zero-order valence-electron chi connectivity index (χ0n) is 22.9. The van der Waals surface area contributed by atoms with Crippen molar-refractivity contribution in [3.05, 3.63) is 89.5 Å². The van der Waals surface area contributed by atoms with Crippen LogP contribution >= 0.6 is 0 Å². The standard InChI is InChI=1S/C29H32N4O6S2/c1-3-31(4-2)40(35,36)25-12-7-10-22(19-25)29(34)30-28-27-14-6-5-9-23(27)21-33(28)24-11-8-13-26(20-24)41(37,38)32-15-17-39-18-16-32/h5-14,19-20H,3-4,15-18,21H2,1-2H3. The van der Waals surface area contributed by atoms with Crippen LogP contribution in [0.15, 0.2) is 87.6 Å². The van der Waals surface area contributed by atoms with E-state index in [1.54, 1.807) is 43.0 Å². The summed E-state index contributed by atoms with van der Waals surface area (Å²) in [7, 11) is -7.50. The van der Waals surface area contributed by atoms with E-state index in [4.69, 9.17) is 4.74 Å². The Labute approximate surface area is 241 Å². The highest BCUT2D eigenvalue weighted by molar-refractivity contribution is 7.89. The third-order valence-corrected chi connectivity index (χ3v) is 11.2. The molecule has 5 rings (SSSR count). The molecule has 12 heteroatoms. The largest absolute Gasteiger partial charge is 0.379 e. The Kier molecular flexibility index (Phi) is 8.39. The van der Waals surface area contributed by atoms with E-state index in [-0.39, 0.29) is 28.4 Å². The zero-order valence-corrected chi connectivity index (χ0v) is 24.6. The minimum Gasteiger partial charge on any atom is -0.379 e. The van der Waals surface area contributed by atoms with E-state index in [1.807, 2.05) is 24.3 Å². The van der Waals surface area contributed by atoms with Crippen LogP contribution in [0.4, 0.5) is 5.69 Å². The first-order chi connectivity index (χ1) is 19.7. The second-order valence-corrected chi connectivity index (χ2v) is 13.5. The van der Waals surface area contributed by atoms with Crippen LogP contribution in [-0.4, -0.2) is 76.6 Å². The number of fused-ring (bicyclic) bond motifs is 1. The molecule has 3 aromatic rings. The number of carbonyl (C=O) groups excluding carboxylic acids is 1. The van der Waals surface area contributed by atoms with Crippen LogP contribution in [-0.2, 0) is 31.3 Å². The molecule has 0 bridgehead atoms. The number of morpholine rings is 1. The molecule has 2 aliphatic rings. The van der Waals surface area contributed by atoms with Gasteiger partial charge in [-0.3, -0.25) is 4.79 Å². The summed E-state index contributed by atoms with van der Waals surface area (Å²) in [6, 6.07) is 20.0. The topological polar surface area (TPSA) is 117 Å². The number of ether oxygens (including phenoxy) is 1. The van der Waals surface area contributed by atoms with Crippen LogP contribution in [0.2, 0.25) is 0 Å². The van der Waals surface area contributed by atoms with E-state index in [1.165, 1.54) is 32.9 Å². The Morgan fingerprint density at radius 1 is 0.878 bits per heavy atom. The Balaban J connectivity index is 1.52. The first-order valence-corrected chi connectivity index (χ1v) is 16.3. The van der Waals surface area contributed by atoms with E-state index < -0.39 is 26.0 Å². The SMILES string of the molecule is CCN(CC)S(=O)(=O)c1cccc(C(=O)N=C2c3ccccc3CN2c2cccc(S(=O)(=O)N3CCOCC3)c2)c1. The maximum atomic E-state index is 13.5. The van der Waals surface area contributed by atoms with Crippen molar-refractivity contribution in [3.8, 4) is 0 Å². The third kappa shape index (κ3) is 5.70. The van der Waals surface area contributed by atoms with E-state index in [2.05, 4.69) is 4.99 Å². The Hall–Kier alpha value is -3.42. The van der Waals surface area contributed by atoms with Crippen LogP contribution in [0.3, 0.4) is 0 Å². The van der Waals surface area contributed by atoms with Gasteiger partial charge in [0, 0.05) is 43.0 Å². The van der Waals surface area contributed by atoms with Gasteiger partial charge in [0.15, 0.2) is 0 Å². The highest BCUT2D eigenvalue weighted by Crippen LogP contribution is 2.31. The summed E-state index contributed by atoms with van der Waals surface area (Å²) in [5.74, 6) is -0.237. The Morgan fingerprint density at radius 3 is 2.29 bits per heavy atom. The number of benzene rings is 3. The Morgan fingerprint density at radius 2 is 1.56 bits per heavy atom. The Bertz CT molecular complexity index is 1700. The number of amidine groups is 1. The second-order valence-electron chi connectivity index (χ2n) is 9.61. The number of hydrogen-bond acceptors (Lipinski definition) is 6.